The molecule has 1 fully saturated rings. The van der Waals surface area contributed by atoms with E-state index in [0.29, 0.717) is 5.69 Å². The van der Waals surface area contributed by atoms with E-state index in [0.717, 1.165) is 18.7 Å². The number of amides is 1. The molecule has 0 saturated carbocycles. The molecule has 80 valence electrons. The average Bonchev–Trinajstić information content (AvgIpc) is 2.10. The Labute approximate surface area is 92.0 Å². The number of hydrogen-bond acceptors (Lipinski definition) is 4. The Morgan fingerprint density at radius 2 is 2.40 bits per heavy atom. The third-order valence-electron chi connectivity index (χ3n) is 2.58. The van der Waals surface area contributed by atoms with Gasteiger partial charge in [-0.3, -0.25) is 4.79 Å². The summed E-state index contributed by atoms with van der Waals surface area (Å²) in [4.78, 5) is 16.7. The lowest BCUT2D eigenvalue weighted by atomic mass is 10.0. The summed E-state index contributed by atoms with van der Waals surface area (Å²) >= 11 is 5.79. The molecule has 0 bridgehead atoms. The average molecular weight is 227 g/mol. The van der Waals surface area contributed by atoms with Gasteiger partial charge >= 0.3 is 0 Å². The van der Waals surface area contributed by atoms with E-state index in [1.54, 1.807) is 12.3 Å². The second-order valence-electron chi connectivity index (χ2n) is 3.43. The Hall–Kier alpha value is -1.49. The van der Waals surface area contributed by atoms with Gasteiger partial charge in [-0.2, -0.15) is 0 Å². The summed E-state index contributed by atoms with van der Waals surface area (Å²) in [5.74, 6) is -0.339. The van der Waals surface area contributed by atoms with E-state index in [1.807, 2.05) is 4.90 Å². The van der Waals surface area contributed by atoms with Crippen molar-refractivity contribution in [2.24, 2.45) is 5.73 Å². The van der Waals surface area contributed by atoms with Crippen LogP contribution in [0.15, 0.2) is 12.3 Å². The standard InChI is InChI=1S/C9H11ClN4O/c10-8-7(11)5(1-3-13-8)14-4-2-6(14)9(12)15/h1,3,6H,2,4,11H2,(H2,12,15). The predicted molar refractivity (Wildman–Crippen MR) is 58.6 cm³/mol. The second-order valence-corrected chi connectivity index (χ2v) is 3.79. The van der Waals surface area contributed by atoms with Gasteiger partial charge in [0.1, 0.15) is 6.04 Å². The molecular formula is C9H11ClN4O. The number of halogens is 1. The number of nitrogens with two attached hydrogens (primary N) is 2. The van der Waals surface area contributed by atoms with Crippen molar-refractivity contribution in [3.63, 3.8) is 0 Å². The third kappa shape index (κ3) is 1.59. The van der Waals surface area contributed by atoms with Gasteiger partial charge in [-0.05, 0) is 12.5 Å². The van der Waals surface area contributed by atoms with Crippen LogP contribution in [0.1, 0.15) is 6.42 Å². The zero-order chi connectivity index (χ0) is 11.0. The number of pyridine rings is 1. The van der Waals surface area contributed by atoms with E-state index >= 15 is 0 Å². The normalized spacial score (nSPS) is 19.8. The van der Waals surface area contributed by atoms with Gasteiger partial charge in [-0.1, -0.05) is 11.6 Å². The van der Waals surface area contributed by atoms with E-state index in [1.165, 1.54) is 0 Å². The fourth-order valence-corrected chi connectivity index (χ4v) is 1.81. The number of nitrogens with zero attached hydrogens (tertiary/aromatic N) is 2. The first-order valence-corrected chi connectivity index (χ1v) is 4.95. The molecule has 4 N–H and O–H groups in total. The molecule has 6 heteroatoms. The highest BCUT2D eigenvalue weighted by Gasteiger charge is 2.33. The van der Waals surface area contributed by atoms with Crippen LogP contribution < -0.4 is 16.4 Å². The van der Waals surface area contributed by atoms with Gasteiger partial charge in [0.05, 0.1) is 11.4 Å². The lowest BCUT2D eigenvalue weighted by molar-refractivity contribution is -0.120. The lowest BCUT2D eigenvalue weighted by Crippen LogP contribution is -2.55. The second kappa shape index (κ2) is 3.58. The Morgan fingerprint density at radius 3 is 2.93 bits per heavy atom. The van der Waals surface area contributed by atoms with Crippen molar-refractivity contribution in [3.8, 4) is 0 Å². The molecule has 1 saturated heterocycles. The molecule has 15 heavy (non-hydrogen) atoms. The maximum Gasteiger partial charge on any atom is 0.240 e. The topological polar surface area (TPSA) is 85.2 Å². The number of anilines is 2. The minimum Gasteiger partial charge on any atom is -0.395 e. The molecule has 1 aliphatic heterocycles. The summed E-state index contributed by atoms with van der Waals surface area (Å²) in [6.45, 7) is 0.762. The highest BCUT2D eigenvalue weighted by atomic mass is 35.5. The van der Waals surface area contributed by atoms with E-state index in [9.17, 15) is 4.79 Å². The molecule has 1 amide bonds. The zero-order valence-corrected chi connectivity index (χ0v) is 8.74. The molecule has 5 nitrogen and oxygen atoms in total. The van der Waals surface area contributed by atoms with Crippen molar-refractivity contribution in [2.75, 3.05) is 17.2 Å². The largest absolute Gasteiger partial charge is 0.395 e. The Kier molecular flexibility index (Phi) is 2.40. The van der Waals surface area contributed by atoms with E-state index in [4.69, 9.17) is 23.1 Å². The van der Waals surface area contributed by atoms with Crippen molar-refractivity contribution >= 4 is 28.9 Å². The lowest BCUT2D eigenvalue weighted by Gasteiger charge is -2.41. The van der Waals surface area contributed by atoms with Gasteiger partial charge in [0.15, 0.2) is 5.15 Å². The minimum atomic E-state index is -0.339. The number of nitrogen functional groups attached to an aromatic ring is 1. The number of hydrogen-bond donors (Lipinski definition) is 2. The summed E-state index contributed by atoms with van der Waals surface area (Å²) in [5.41, 5.74) is 12.1. The smallest absolute Gasteiger partial charge is 0.240 e. The number of primary amides is 1. The first kappa shape index (κ1) is 10.0. The Balaban J connectivity index is 2.31. The first-order valence-electron chi connectivity index (χ1n) is 4.57. The fourth-order valence-electron chi connectivity index (χ4n) is 1.66. The molecule has 0 aromatic carbocycles. The van der Waals surface area contributed by atoms with Crippen molar-refractivity contribution in [2.45, 2.75) is 12.5 Å². The summed E-state index contributed by atoms with van der Waals surface area (Å²) < 4.78 is 0. The first-order chi connectivity index (χ1) is 7.11. The van der Waals surface area contributed by atoms with Crippen LogP contribution in [0.5, 0.6) is 0 Å². The molecular weight excluding hydrogens is 216 g/mol. The highest BCUT2D eigenvalue weighted by molar-refractivity contribution is 6.32. The van der Waals surface area contributed by atoms with Crippen molar-refractivity contribution < 1.29 is 4.79 Å². The van der Waals surface area contributed by atoms with E-state index in [2.05, 4.69) is 4.98 Å². The van der Waals surface area contributed by atoms with Crippen LogP contribution in [0.25, 0.3) is 0 Å². The quantitative estimate of drug-likeness (QED) is 0.714. The zero-order valence-electron chi connectivity index (χ0n) is 7.98. The molecule has 1 aromatic heterocycles. The van der Waals surface area contributed by atoms with Crippen molar-refractivity contribution in [1.29, 1.82) is 0 Å². The maximum absolute atomic E-state index is 11.1. The summed E-state index contributed by atoms with van der Waals surface area (Å²) in [7, 11) is 0. The van der Waals surface area contributed by atoms with E-state index < -0.39 is 0 Å². The molecule has 0 aliphatic carbocycles. The van der Waals surface area contributed by atoms with Crippen LogP contribution in [0.2, 0.25) is 5.15 Å². The van der Waals surface area contributed by atoms with E-state index in [-0.39, 0.29) is 17.1 Å². The predicted octanol–water partition coefficient (Wildman–Crippen LogP) is 0.381. The van der Waals surface area contributed by atoms with Crippen molar-refractivity contribution in [3.05, 3.63) is 17.4 Å². The van der Waals surface area contributed by atoms with Crippen LogP contribution in [0, 0.1) is 0 Å². The van der Waals surface area contributed by atoms with Gasteiger partial charge in [-0.25, -0.2) is 4.98 Å². The number of aromatic nitrogens is 1. The van der Waals surface area contributed by atoms with Crippen LogP contribution >= 0.6 is 11.6 Å². The van der Waals surface area contributed by atoms with Gasteiger partial charge in [0, 0.05) is 12.7 Å². The van der Waals surface area contributed by atoms with Gasteiger partial charge in [-0.15, -0.1) is 0 Å². The summed E-state index contributed by atoms with van der Waals surface area (Å²) in [6.07, 6.45) is 2.32. The monoisotopic (exact) mass is 226 g/mol. The third-order valence-corrected chi connectivity index (χ3v) is 2.88. The highest BCUT2D eigenvalue weighted by Crippen LogP contribution is 2.33. The molecule has 0 radical (unpaired) electrons. The molecule has 1 atom stereocenters. The van der Waals surface area contributed by atoms with Gasteiger partial charge in [0.2, 0.25) is 5.91 Å². The maximum atomic E-state index is 11.1. The minimum absolute atomic E-state index is 0.252. The number of carbonyl (C=O) groups is 1. The Morgan fingerprint density at radius 1 is 1.67 bits per heavy atom. The summed E-state index contributed by atoms with van der Waals surface area (Å²) in [5, 5.41) is 0.252. The molecule has 0 spiro atoms. The SMILES string of the molecule is NC(=O)C1CCN1c1ccnc(Cl)c1N. The van der Waals surface area contributed by atoms with Crippen LogP contribution in [0.3, 0.4) is 0 Å². The van der Waals surface area contributed by atoms with Gasteiger partial charge in [0.25, 0.3) is 0 Å². The van der Waals surface area contributed by atoms with Crippen molar-refractivity contribution in [1.82, 2.24) is 4.98 Å². The molecule has 2 rings (SSSR count). The fraction of sp³-hybridized carbons (Fsp3) is 0.333. The van der Waals surface area contributed by atoms with Crippen LogP contribution in [-0.2, 0) is 4.79 Å². The summed E-state index contributed by atoms with van der Waals surface area (Å²) in [6, 6.07) is 1.46. The molecule has 1 unspecified atom stereocenters. The van der Waals surface area contributed by atoms with Crippen LogP contribution in [-0.4, -0.2) is 23.5 Å². The molecule has 1 aliphatic rings. The van der Waals surface area contributed by atoms with Crippen LogP contribution in [0.4, 0.5) is 11.4 Å². The van der Waals surface area contributed by atoms with Gasteiger partial charge < -0.3 is 16.4 Å². The Bertz CT molecular complexity index is 409. The molecule has 2 heterocycles. The molecule has 1 aromatic rings. The number of rotatable bonds is 2. The number of carbonyl (C=O) groups excluding carboxylic acids is 1.